The minimum Gasteiger partial charge on any atom is -0.283 e. The van der Waals surface area contributed by atoms with Crippen molar-refractivity contribution >= 4 is 27.3 Å². The smallest absolute Gasteiger partial charge is 0.283 e. The number of nitriles is 1. The van der Waals surface area contributed by atoms with Crippen LogP contribution in [0.4, 0.5) is 18.9 Å². The summed E-state index contributed by atoms with van der Waals surface area (Å²) in [5.41, 5.74) is -2.02. The second kappa shape index (κ2) is 6.33. The minimum atomic E-state index is -4.77. The van der Waals surface area contributed by atoms with Crippen molar-refractivity contribution in [3.8, 4) is 6.07 Å². The van der Waals surface area contributed by atoms with E-state index in [4.69, 9.17) is 16.9 Å². The number of hydrogen-bond acceptors (Lipinski definition) is 3. The van der Waals surface area contributed by atoms with Crippen LogP contribution in [0.1, 0.15) is 17.5 Å². The largest absolute Gasteiger partial charge is 0.418 e. The molecule has 1 aromatic rings. The monoisotopic (exact) mass is 326 g/mol. The van der Waals surface area contributed by atoms with Crippen LogP contribution in [0.25, 0.3) is 0 Å². The first-order chi connectivity index (χ1) is 9.19. The van der Waals surface area contributed by atoms with Crippen molar-refractivity contribution in [2.24, 2.45) is 0 Å². The normalized spacial score (nSPS) is 11.9. The van der Waals surface area contributed by atoms with E-state index < -0.39 is 27.5 Å². The Hall–Kier alpha value is -1.46. The molecule has 0 unspecified atom stereocenters. The summed E-state index contributed by atoms with van der Waals surface area (Å²) >= 11 is 5.35. The van der Waals surface area contributed by atoms with Crippen molar-refractivity contribution in [2.45, 2.75) is 12.6 Å². The van der Waals surface area contributed by atoms with Crippen LogP contribution < -0.4 is 4.72 Å². The number of anilines is 1. The number of sulfonamides is 1. The highest BCUT2D eigenvalue weighted by atomic mass is 35.5. The summed E-state index contributed by atoms with van der Waals surface area (Å²) in [4.78, 5) is 0. The second-order valence-electron chi connectivity index (χ2n) is 3.83. The van der Waals surface area contributed by atoms with Crippen molar-refractivity contribution in [3.63, 3.8) is 0 Å². The lowest BCUT2D eigenvalue weighted by Crippen LogP contribution is -2.20. The number of alkyl halides is 4. The van der Waals surface area contributed by atoms with Gasteiger partial charge in [-0.2, -0.15) is 18.4 Å². The SMILES string of the molecule is N#Cc1ccc(NS(=O)(=O)CCCCl)c(C(F)(F)F)c1. The van der Waals surface area contributed by atoms with Gasteiger partial charge in [0.15, 0.2) is 0 Å². The molecule has 0 aliphatic carbocycles. The predicted molar refractivity (Wildman–Crippen MR) is 68.9 cm³/mol. The molecular weight excluding hydrogens is 317 g/mol. The van der Waals surface area contributed by atoms with Gasteiger partial charge in [-0.1, -0.05) is 0 Å². The molecule has 0 fully saturated rings. The van der Waals surface area contributed by atoms with Crippen LogP contribution in [0.2, 0.25) is 0 Å². The molecule has 110 valence electrons. The molecule has 0 bridgehead atoms. The number of halogens is 4. The van der Waals surface area contributed by atoms with Crippen LogP contribution in [-0.2, 0) is 16.2 Å². The highest BCUT2D eigenvalue weighted by Crippen LogP contribution is 2.35. The van der Waals surface area contributed by atoms with Crippen LogP contribution in [0.3, 0.4) is 0 Å². The third-order valence-corrected chi connectivity index (χ3v) is 3.89. The minimum absolute atomic E-state index is 0.0837. The fourth-order valence-electron chi connectivity index (χ4n) is 1.40. The van der Waals surface area contributed by atoms with E-state index in [1.54, 1.807) is 6.07 Å². The molecule has 1 aromatic carbocycles. The zero-order valence-electron chi connectivity index (χ0n) is 10.0. The molecule has 0 radical (unpaired) electrons. The fourth-order valence-corrected chi connectivity index (χ4v) is 2.83. The van der Waals surface area contributed by atoms with E-state index in [9.17, 15) is 21.6 Å². The molecule has 0 amide bonds. The molecule has 0 heterocycles. The van der Waals surface area contributed by atoms with Crippen LogP contribution in [-0.4, -0.2) is 20.1 Å². The Morgan fingerprint density at radius 1 is 1.35 bits per heavy atom. The Balaban J connectivity index is 3.16. The summed E-state index contributed by atoms with van der Waals surface area (Å²) < 4.78 is 63.5. The second-order valence-corrected chi connectivity index (χ2v) is 6.05. The molecule has 0 aromatic heterocycles. The van der Waals surface area contributed by atoms with Crippen LogP contribution in [0, 0.1) is 11.3 Å². The summed E-state index contributed by atoms with van der Waals surface area (Å²) in [5, 5.41) is 8.60. The van der Waals surface area contributed by atoms with E-state index in [1.165, 1.54) is 0 Å². The molecule has 0 atom stereocenters. The van der Waals surface area contributed by atoms with Gasteiger partial charge in [-0.25, -0.2) is 8.42 Å². The highest BCUT2D eigenvalue weighted by Gasteiger charge is 2.34. The maximum absolute atomic E-state index is 12.8. The first kappa shape index (κ1) is 16.6. The number of nitrogens with zero attached hydrogens (tertiary/aromatic N) is 1. The third-order valence-electron chi connectivity index (χ3n) is 2.27. The van der Waals surface area contributed by atoms with Gasteiger partial charge in [0.2, 0.25) is 10.0 Å². The topological polar surface area (TPSA) is 70.0 Å². The van der Waals surface area contributed by atoms with Crippen molar-refractivity contribution in [3.05, 3.63) is 29.3 Å². The lowest BCUT2D eigenvalue weighted by Gasteiger charge is -2.14. The van der Waals surface area contributed by atoms with Crippen molar-refractivity contribution in [1.29, 1.82) is 5.26 Å². The van der Waals surface area contributed by atoms with E-state index in [0.717, 1.165) is 12.1 Å². The zero-order chi connectivity index (χ0) is 15.4. The first-order valence-corrected chi connectivity index (χ1v) is 7.56. The van der Waals surface area contributed by atoms with Gasteiger partial charge in [-0.3, -0.25) is 4.72 Å². The third kappa shape index (κ3) is 4.58. The Labute approximate surface area is 119 Å². The van der Waals surface area contributed by atoms with E-state index in [1.807, 2.05) is 4.72 Å². The molecule has 1 rings (SSSR count). The van der Waals surface area contributed by atoms with E-state index in [0.29, 0.717) is 6.07 Å². The standard InChI is InChI=1S/C11H10ClF3N2O2S/c12-4-1-5-20(18,19)17-10-3-2-8(7-16)6-9(10)11(13,14)15/h2-3,6,17H,1,4-5H2. The average Bonchev–Trinajstić information content (AvgIpc) is 2.35. The summed E-state index contributed by atoms with van der Waals surface area (Å²) in [6.07, 6.45) is -4.65. The van der Waals surface area contributed by atoms with Crippen molar-refractivity contribution in [1.82, 2.24) is 0 Å². The van der Waals surface area contributed by atoms with Crippen LogP contribution in [0.15, 0.2) is 18.2 Å². The lowest BCUT2D eigenvalue weighted by atomic mass is 10.1. The summed E-state index contributed by atoms with van der Waals surface area (Å²) in [6, 6.07) is 4.19. The zero-order valence-corrected chi connectivity index (χ0v) is 11.6. The highest BCUT2D eigenvalue weighted by molar-refractivity contribution is 7.92. The van der Waals surface area contributed by atoms with E-state index >= 15 is 0 Å². The number of hydrogen-bond donors (Lipinski definition) is 1. The molecule has 0 saturated heterocycles. The Morgan fingerprint density at radius 3 is 2.50 bits per heavy atom. The predicted octanol–water partition coefficient (Wildman–Crippen LogP) is 2.95. The van der Waals surface area contributed by atoms with Crippen LogP contribution in [0.5, 0.6) is 0 Å². The molecule has 0 saturated carbocycles. The average molecular weight is 327 g/mol. The number of benzene rings is 1. The van der Waals surface area contributed by atoms with Crippen molar-refractivity contribution in [2.75, 3.05) is 16.4 Å². The van der Waals surface area contributed by atoms with Gasteiger partial charge in [0, 0.05) is 5.88 Å². The molecule has 0 aliphatic heterocycles. The summed E-state index contributed by atoms with van der Waals surface area (Å²) in [6.45, 7) is 0. The van der Waals surface area contributed by atoms with E-state index in [-0.39, 0.29) is 23.6 Å². The maximum atomic E-state index is 12.8. The molecule has 4 nitrogen and oxygen atoms in total. The fraction of sp³-hybridized carbons (Fsp3) is 0.364. The Morgan fingerprint density at radius 2 is 2.00 bits per heavy atom. The van der Waals surface area contributed by atoms with Gasteiger partial charge in [-0.05, 0) is 24.6 Å². The number of nitrogens with one attached hydrogen (secondary N) is 1. The molecular formula is C11H10ClF3N2O2S. The molecule has 9 heteroatoms. The van der Waals surface area contributed by atoms with Gasteiger partial charge >= 0.3 is 6.18 Å². The number of rotatable bonds is 5. The summed E-state index contributed by atoms with van der Waals surface area (Å²) in [5.74, 6) is -0.297. The summed E-state index contributed by atoms with van der Waals surface area (Å²) in [7, 11) is -3.92. The Kier molecular flexibility index (Phi) is 5.25. The molecule has 1 N–H and O–H groups in total. The van der Waals surface area contributed by atoms with Gasteiger partial charge in [0.05, 0.1) is 28.6 Å². The maximum Gasteiger partial charge on any atom is 0.418 e. The quantitative estimate of drug-likeness (QED) is 0.846. The van der Waals surface area contributed by atoms with Gasteiger partial charge < -0.3 is 0 Å². The van der Waals surface area contributed by atoms with Gasteiger partial charge in [0.1, 0.15) is 0 Å². The first-order valence-electron chi connectivity index (χ1n) is 5.37. The Bertz CT molecular complexity index is 624. The van der Waals surface area contributed by atoms with Gasteiger partial charge in [0.25, 0.3) is 0 Å². The molecule has 0 spiro atoms. The van der Waals surface area contributed by atoms with Crippen LogP contribution >= 0.6 is 11.6 Å². The van der Waals surface area contributed by atoms with E-state index in [2.05, 4.69) is 0 Å². The van der Waals surface area contributed by atoms with Crippen molar-refractivity contribution < 1.29 is 21.6 Å². The van der Waals surface area contributed by atoms with Gasteiger partial charge in [-0.15, -0.1) is 11.6 Å². The lowest BCUT2D eigenvalue weighted by molar-refractivity contribution is -0.136. The molecule has 20 heavy (non-hydrogen) atoms. The molecule has 0 aliphatic rings.